The molecule has 0 bridgehead atoms. The van der Waals surface area contributed by atoms with Gasteiger partial charge in [-0.15, -0.1) is 0 Å². The molecule has 0 aromatic heterocycles. The molecular weight excluding hydrogens is 300 g/mol. The number of hydrogen-bond donors (Lipinski definition) is 1. The molecule has 120 valence electrons. The minimum Gasteiger partial charge on any atom is -0.469 e. The molecule has 4 nitrogen and oxygen atoms in total. The van der Waals surface area contributed by atoms with Crippen LogP contribution in [0.15, 0.2) is 24.3 Å². The molecule has 0 saturated carbocycles. The minimum atomic E-state index is -0.407. The summed E-state index contributed by atoms with van der Waals surface area (Å²) >= 11 is 5.96. The van der Waals surface area contributed by atoms with Crippen molar-refractivity contribution in [3.8, 4) is 0 Å². The van der Waals surface area contributed by atoms with Gasteiger partial charge in [-0.05, 0) is 62.3 Å². The molecule has 0 radical (unpaired) electrons. The van der Waals surface area contributed by atoms with Crippen LogP contribution < -0.4 is 0 Å². The number of halogens is 1. The maximum Gasteiger partial charge on any atom is 0.376 e. The highest BCUT2D eigenvalue weighted by molar-refractivity contribution is 6.45. The third-order valence-electron chi connectivity index (χ3n) is 4.58. The van der Waals surface area contributed by atoms with Crippen LogP contribution in [0, 0.1) is 5.92 Å². The highest BCUT2D eigenvalue weighted by atomic mass is 35.5. The van der Waals surface area contributed by atoms with Gasteiger partial charge in [0, 0.05) is 5.02 Å². The average Bonchev–Trinajstić information content (AvgIpc) is 2.53. The first kappa shape index (κ1) is 17.3. The number of hydrogen-bond acceptors (Lipinski definition) is 4. The average molecular weight is 324 g/mol. The maximum atomic E-state index is 11.8. The first-order chi connectivity index (χ1) is 10.5. The van der Waals surface area contributed by atoms with E-state index in [1.807, 2.05) is 24.3 Å². The Morgan fingerprint density at radius 2 is 2.00 bits per heavy atom. The third kappa shape index (κ3) is 4.48. The van der Waals surface area contributed by atoms with Gasteiger partial charge in [-0.2, -0.15) is 0 Å². The van der Waals surface area contributed by atoms with Crippen LogP contribution >= 0.6 is 11.6 Å². The van der Waals surface area contributed by atoms with Gasteiger partial charge < -0.3 is 14.6 Å². The number of carbonyl (C=O) groups excluding carboxylic acids is 1. The number of ether oxygens (including phenoxy) is 1. The Balaban J connectivity index is 2.11. The molecule has 1 heterocycles. The van der Waals surface area contributed by atoms with Gasteiger partial charge >= 0.3 is 13.0 Å². The minimum absolute atomic E-state index is 0.140. The SMILES string of the molecule is COC(=O)CC(c1ccc(Cl)cc1)C1CCN(B(C)O)CC1. The van der Waals surface area contributed by atoms with Crippen molar-refractivity contribution < 1.29 is 14.6 Å². The lowest BCUT2D eigenvalue weighted by Gasteiger charge is -2.36. The summed E-state index contributed by atoms with van der Waals surface area (Å²) < 4.78 is 4.86. The Morgan fingerprint density at radius 1 is 1.41 bits per heavy atom. The number of benzene rings is 1. The number of carbonyl (C=O) groups is 1. The van der Waals surface area contributed by atoms with Crippen molar-refractivity contribution in [2.75, 3.05) is 20.2 Å². The first-order valence-corrected chi connectivity index (χ1v) is 8.13. The Morgan fingerprint density at radius 3 is 2.50 bits per heavy atom. The van der Waals surface area contributed by atoms with Gasteiger partial charge in [0.05, 0.1) is 13.5 Å². The second kappa shape index (κ2) is 8.00. The van der Waals surface area contributed by atoms with E-state index >= 15 is 0 Å². The first-order valence-electron chi connectivity index (χ1n) is 7.75. The zero-order valence-electron chi connectivity index (χ0n) is 13.2. The molecule has 1 saturated heterocycles. The zero-order valence-corrected chi connectivity index (χ0v) is 13.9. The van der Waals surface area contributed by atoms with E-state index in [-0.39, 0.29) is 11.9 Å². The largest absolute Gasteiger partial charge is 0.469 e. The molecule has 6 heteroatoms. The molecule has 1 fully saturated rings. The normalized spacial score (nSPS) is 18.0. The van der Waals surface area contributed by atoms with Crippen molar-refractivity contribution in [1.29, 1.82) is 0 Å². The van der Waals surface area contributed by atoms with Gasteiger partial charge in [0.25, 0.3) is 0 Å². The van der Waals surface area contributed by atoms with Crippen LogP contribution in [-0.2, 0) is 9.53 Å². The van der Waals surface area contributed by atoms with E-state index in [4.69, 9.17) is 16.3 Å². The van der Waals surface area contributed by atoms with Crippen molar-refractivity contribution in [2.24, 2.45) is 5.92 Å². The Hall–Kier alpha value is -1.04. The molecule has 1 aromatic rings. The molecule has 0 aliphatic carbocycles. The molecule has 22 heavy (non-hydrogen) atoms. The van der Waals surface area contributed by atoms with Gasteiger partial charge in [-0.25, -0.2) is 0 Å². The van der Waals surface area contributed by atoms with E-state index in [9.17, 15) is 9.82 Å². The topological polar surface area (TPSA) is 49.8 Å². The van der Waals surface area contributed by atoms with Gasteiger partial charge in [0.2, 0.25) is 0 Å². The fourth-order valence-electron chi connectivity index (χ4n) is 3.23. The van der Waals surface area contributed by atoms with Crippen LogP contribution in [-0.4, -0.2) is 43.1 Å². The Labute approximate surface area is 137 Å². The summed E-state index contributed by atoms with van der Waals surface area (Å²) in [6, 6.07) is 7.73. The molecule has 1 N–H and O–H groups in total. The molecule has 1 unspecified atom stereocenters. The van der Waals surface area contributed by atoms with Crippen LogP contribution in [0.5, 0.6) is 0 Å². The summed E-state index contributed by atoms with van der Waals surface area (Å²) in [5, 5.41) is 10.4. The summed E-state index contributed by atoms with van der Waals surface area (Å²) in [6.07, 6.45) is 2.32. The van der Waals surface area contributed by atoms with Crippen LogP contribution in [0.1, 0.15) is 30.7 Å². The molecule has 1 aliphatic heterocycles. The van der Waals surface area contributed by atoms with Crippen LogP contribution in [0.4, 0.5) is 0 Å². The van der Waals surface area contributed by atoms with E-state index in [0.717, 1.165) is 31.5 Å². The zero-order chi connectivity index (χ0) is 16.1. The smallest absolute Gasteiger partial charge is 0.376 e. The Kier molecular flexibility index (Phi) is 6.30. The van der Waals surface area contributed by atoms with Crippen molar-refractivity contribution in [3.63, 3.8) is 0 Å². The number of piperidine rings is 1. The van der Waals surface area contributed by atoms with Crippen molar-refractivity contribution in [3.05, 3.63) is 34.9 Å². The number of methoxy groups -OCH3 is 1. The van der Waals surface area contributed by atoms with Crippen molar-refractivity contribution in [1.82, 2.24) is 4.81 Å². The van der Waals surface area contributed by atoms with Gasteiger partial charge in [-0.1, -0.05) is 23.7 Å². The van der Waals surface area contributed by atoms with Gasteiger partial charge in [-0.3, -0.25) is 4.79 Å². The van der Waals surface area contributed by atoms with Gasteiger partial charge in [0.1, 0.15) is 0 Å². The number of esters is 1. The monoisotopic (exact) mass is 323 g/mol. The molecule has 2 rings (SSSR count). The van der Waals surface area contributed by atoms with E-state index < -0.39 is 7.05 Å². The van der Waals surface area contributed by atoms with Crippen molar-refractivity contribution in [2.45, 2.75) is 32.0 Å². The second-order valence-corrected chi connectivity index (χ2v) is 6.38. The molecule has 0 amide bonds. The van der Waals surface area contributed by atoms with E-state index in [2.05, 4.69) is 4.81 Å². The Bertz CT molecular complexity index is 487. The van der Waals surface area contributed by atoms with E-state index in [1.165, 1.54) is 7.11 Å². The lowest BCUT2D eigenvalue weighted by atomic mass is 9.75. The molecule has 1 aliphatic rings. The summed E-state index contributed by atoms with van der Waals surface area (Å²) in [5.41, 5.74) is 1.13. The number of rotatable bonds is 5. The van der Waals surface area contributed by atoms with E-state index in [1.54, 1.807) is 6.82 Å². The highest BCUT2D eigenvalue weighted by Crippen LogP contribution is 2.36. The fraction of sp³-hybridized carbons (Fsp3) is 0.562. The van der Waals surface area contributed by atoms with Crippen LogP contribution in [0.3, 0.4) is 0 Å². The highest BCUT2D eigenvalue weighted by Gasteiger charge is 2.31. The van der Waals surface area contributed by atoms with Crippen LogP contribution in [0.2, 0.25) is 11.8 Å². The van der Waals surface area contributed by atoms with Gasteiger partial charge in [0.15, 0.2) is 0 Å². The lowest BCUT2D eigenvalue weighted by Crippen LogP contribution is -2.44. The summed E-state index contributed by atoms with van der Waals surface area (Å²) in [5.74, 6) is 0.369. The van der Waals surface area contributed by atoms with Crippen LogP contribution in [0.25, 0.3) is 0 Å². The molecular formula is C16H23BClNO3. The quantitative estimate of drug-likeness (QED) is 0.669. The second-order valence-electron chi connectivity index (χ2n) is 5.94. The lowest BCUT2D eigenvalue weighted by molar-refractivity contribution is -0.141. The predicted molar refractivity (Wildman–Crippen MR) is 89.0 cm³/mol. The fourth-order valence-corrected chi connectivity index (χ4v) is 3.35. The molecule has 1 aromatic carbocycles. The predicted octanol–water partition coefficient (Wildman–Crippen LogP) is 2.81. The molecule has 1 atom stereocenters. The third-order valence-corrected chi connectivity index (χ3v) is 4.84. The van der Waals surface area contributed by atoms with Crippen molar-refractivity contribution >= 4 is 24.6 Å². The summed E-state index contributed by atoms with van der Waals surface area (Å²) in [6.45, 7) is 3.51. The summed E-state index contributed by atoms with van der Waals surface area (Å²) in [4.78, 5) is 13.8. The standard InChI is InChI=1S/C16H23BClNO3/c1-17(21)19-9-7-13(8-10-19)15(11-16(20)22-2)12-3-5-14(18)6-4-12/h3-6,13,15,21H,7-11H2,1-2H3. The maximum absolute atomic E-state index is 11.8. The number of nitrogens with zero attached hydrogens (tertiary/aromatic N) is 1. The summed E-state index contributed by atoms with van der Waals surface area (Å²) in [7, 11) is 1.02. The molecule has 0 spiro atoms. The van der Waals surface area contributed by atoms with E-state index in [0.29, 0.717) is 17.4 Å².